The van der Waals surface area contributed by atoms with Crippen molar-refractivity contribution in [1.29, 1.82) is 0 Å². The standard InChI is InChI=1S/C35H49F6N5O9Si2/c1-19(2)56(20(3)4)52-14-24-28(54-57(55-56,21(5)6)22(7)8)29(51-18-49-15-25(34(36,37)38)35(39,40)41)32(53-24)46-17-42-27-30(46)44-33(45-31(27)48)43-26(47)16-50-23-12-10-9-11-13-23/h9-13,17,19-22,24-25,28-29,32H,14-16,18H2,1-8H3,(H2,43,44,45,47,48)/t24-,28-,29-,32-/m1/s1. The number of aromatic nitrogens is 4. The zero-order valence-corrected chi connectivity index (χ0v) is 34.8. The van der Waals surface area contributed by atoms with E-state index in [2.05, 4.69) is 20.3 Å². The first-order chi connectivity index (χ1) is 26.6. The molecule has 0 radical (unpaired) electrons. The SMILES string of the molecule is CC(C)[Si]1(C(C)C)OC[C@H]2O[C@@H](n3cnc4c(=O)[nH]c(NC(=O)COc5ccccc5)nc43)[C@H](OCOCC(C(F)(F)F)C(F)(F)F)[C@@H]2O[Si](C(C)C)(C(C)C)O1. The number of halogens is 6. The summed E-state index contributed by atoms with van der Waals surface area (Å²) < 4.78 is 125. The summed E-state index contributed by atoms with van der Waals surface area (Å²) in [6.45, 7) is 12.6. The number of carbonyl (C=O) groups excluding carboxylic acids is 1. The largest absolute Gasteiger partial charge is 0.484 e. The molecule has 1 amide bonds. The van der Waals surface area contributed by atoms with Gasteiger partial charge in [-0.3, -0.25) is 24.5 Å². The zero-order valence-electron chi connectivity index (χ0n) is 32.8. The van der Waals surface area contributed by atoms with Crippen molar-refractivity contribution >= 4 is 40.1 Å². The number of fused-ring (bicyclic) bond motifs is 2. The Bertz CT molecular complexity index is 1850. The van der Waals surface area contributed by atoms with Gasteiger partial charge in [0.1, 0.15) is 30.9 Å². The second kappa shape index (κ2) is 17.5. The molecule has 2 N–H and O–H groups in total. The van der Waals surface area contributed by atoms with Crippen LogP contribution in [0.1, 0.15) is 61.6 Å². The molecule has 1 aromatic carbocycles. The molecule has 2 fully saturated rings. The topological polar surface area (TPSA) is 157 Å². The summed E-state index contributed by atoms with van der Waals surface area (Å²) in [5.74, 6) is -4.26. The van der Waals surface area contributed by atoms with Crippen molar-refractivity contribution < 1.29 is 63.1 Å². The summed E-state index contributed by atoms with van der Waals surface area (Å²) in [7, 11) is -6.46. The number of imidazole rings is 1. The molecule has 0 bridgehead atoms. The van der Waals surface area contributed by atoms with Crippen LogP contribution in [0.4, 0.5) is 32.3 Å². The van der Waals surface area contributed by atoms with Crippen molar-refractivity contribution in [2.45, 2.75) is 114 Å². The van der Waals surface area contributed by atoms with Gasteiger partial charge in [-0.15, -0.1) is 0 Å². The third-order valence-corrected chi connectivity index (χ3v) is 20.4. The lowest BCUT2D eigenvalue weighted by Crippen LogP contribution is -2.66. The highest BCUT2D eigenvalue weighted by atomic mass is 28.5. The molecule has 2 aromatic heterocycles. The van der Waals surface area contributed by atoms with Crippen molar-refractivity contribution in [1.82, 2.24) is 19.5 Å². The maximum absolute atomic E-state index is 13.3. The van der Waals surface area contributed by atoms with E-state index in [0.717, 1.165) is 0 Å². The Kier molecular flexibility index (Phi) is 13.7. The molecule has 2 saturated heterocycles. The number of carbonyl (C=O) groups is 1. The minimum atomic E-state index is -5.63. The van der Waals surface area contributed by atoms with Crippen LogP contribution in [0.15, 0.2) is 41.5 Å². The highest BCUT2D eigenvalue weighted by Gasteiger charge is 2.62. The molecule has 2 aliphatic heterocycles. The van der Waals surface area contributed by atoms with E-state index >= 15 is 0 Å². The molecule has 4 atom stereocenters. The second-order valence-corrected chi connectivity index (χ2v) is 24.1. The lowest BCUT2D eigenvalue weighted by Gasteiger charge is -2.51. The van der Waals surface area contributed by atoms with Gasteiger partial charge in [-0.2, -0.15) is 31.3 Å². The van der Waals surface area contributed by atoms with Crippen LogP contribution < -0.4 is 15.6 Å². The number of alkyl halides is 6. The summed E-state index contributed by atoms with van der Waals surface area (Å²) in [5.41, 5.74) is -1.42. The quantitative estimate of drug-likeness (QED) is 0.0739. The molecule has 0 saturated carbocycles. The van der Waals surface area contributed by atoms with E-state index in [4.69, 9.17) is 31.9 Å². The zero-order chi connectivity index (χ0) is 42.1. The molecular formula is C35H49F6N5O9Si2. The highest BCUT2D eigenvalue weighted by molar-refractivity contribution is 6.84. The lowest BCUT2D eigenvalue weighted by atomic mass is 10.1. The average molecular weight is 854 g/mol. The van der Waals surface area contributed by atoms with Crippen molar-refractivity contribution in [3.8, 4) is 5.75 Å². The number of hydrogen-bond acceptors (Lipinski definition) is 11. The van der Waals surface area contributed by atoms with Crippen molar-refractivity contribution in [3.63, 3.8) is 0 Å². The van der Waals surface area contributed by atoms with Crippen molar-refractivity contribution in [2.75, 3.05) is 31.9 Å². The summed E-state index contributed by atoms with van der Waals surface area (Å²) in [6.07, 6.45) is -14.6. The first-order valence-electron chi connectivity index (χ1n) is 18.5. The number of amides is 1. The second-order valence-electron chi connectivity index (χ2n) is 15.3. The molecule has 5 rings (SSSR count). The monoisotopic (exact) mass is 853 g/mol. The van der Waals surface area contributed by atoms with Crippen LogP contribution in [0.3, 0.4) is 0 Å². The van der Waals surface area contributed by atoms with Crippen LogP contribution in [-0.2, 0) is 32.0 Å². The Morgan fingerprint density at radius 3 is 2.16 bits per heavy atom. The average Bonchev–Trinajstić information content (AvgIpc) is 3.66. The maximum atomic E-state index is 13.3. The minimum Gasteiger partial charge on any atom is -0.484 e. The number of anilines is 1. The normalized spacial score (nSPS) is 22.7. The van der Waals surface area contributed by atoms with Crippen LogP contribution in [0, 0.1) is 5.92 Å². The molecule has 4 heterocycles. The van der Waals surface area contributed by atoms with Gasteiger partial charge in [-0.1, -0.05) is 73.6 Å². The van der Waals surface area contributed by atoms with Crippen LogP contribution in [0.5, 0.6) is 5.75 Å². The smallest absolute Gasteiger partial charge is 0.402 e. The molecule has 0 spiro atoms. The molecule has 3 aromatic rings. The van der Waals surface area contributed by atoms with Crippen molar-refractivity contribution in [3.05, 3.63) is 47.0 Å². The predicted molar refractivity (Wildman–Crippen MR) is 198 cm³/mol. The predicted octanol–water partition coefficient (Wildman–Crippen LogP) is 7.09. The number of benzene rings is 1. The molecular weight excluding hydrogens is 805 g/mol. The Morgan fingerprint density at radius 2 is 1.58 bits per heavy atom. The van der Waals surface area contributed by atoms with E-state index in [1.54, 1.807) is 30.3 Å². The summed E-state index contributed by atoms with van der Waals surface area (Å²) in [5, 5.41) is 2.47. The van der Waals surface area contributed by atoms with Gasteiger partial charge in [0.2, 0.25) is 5.95 Å². The molecule has 0 aliphatic carbocycles. The molecule has 57 heavy (non-hydrogen) atoms. The number of para-hydroxylation sites is 1. The van der Waals surface area contributed by atoms with Gasteiger partial charge in [0.15, 0.2) is 29.9 Å². The minimum absolute atomic E-state index is 0.0323. The number of aromatic amines is 1. The van der Waals surface area contributed by atoms with Crippen LogP contribution in [0.2, 0.25) is 22.2 Å². The number of ether oxygens (including phenoxy) is 4. The van der Waals surface area contributed by atoms with Gasteiger partial charge in [0.05, 0.1) is 19.5 Å². The molecule has 14 nitrogen and oxygen atoms in total. The molecule has 318 valence electrons. The summed E-state index contributed by atoms with van der Waals surface area (Å²) >= 11 is 0. The van der Waals surface area contributed by atoms with E-state index < -0.39 is 91.4 Å². The van der Waals surface area contributed by atoms with Gasteiger partial charge in [0.25, 0.3) is 11.5 Å². The molecule has 22 heteroatoms. The van der Waals surface area contributed by atoms with Gasteiger partial charge in [0, 0.05) is 0 Å². The fourth-order valence-electron chi connectivity index (χ4n) is 7.20. The lowest BCUT2D eigenvalue weighted by molar-refractivity contribution is -0.299. The Balaban J connectivity index is 1.53. The third kappa shape index (κ3) is 9.58. The maximum Gasteiger partial charge on any atom is 0.402 e. The van der Waals surface area contributed by atoms with E-state index in [1.165, 1.54) is 10.9 Å². The summed E-state index contributed by atoms with van der Waals surface area (Å²) in [6, 6.07) is 8.53. The third-order valence-electron chi connectivity index (χ3n) is 10.1. The number of rotatable bonds is 14. The number of hydrogen-bond donors (Lipinski definition) is 2. The Morgan fingerprint density at radius 1 is 0.965 bits per heavy atom. The molecule has 2 aliphatic rings. The van der Waals surface area contributed by atoms with Gasteiger partial charge in [-0.25, -0.2) is 4.98 Å². The van der Waals surface area contributed by atoms with Crippen LogP contribution >= 0.6 is 0 Å². The highest BCUT2D eigenvalue weighted by Crippen LogP contribution is 2.49. The summed E-state index contributed by atoms with van der Waals surface area (Å²) in [4.78, 5) is 37.0. The van der Waals surface area contributed by atoms with E-state index in [-0.39, 0.29) is 45.9 Å². The number of H-pyrrole nitrogens is 1. The number of nitrogens with one attached hydrogen (secondary N) is 2. The van der Waals surface area contributed by atoms with Gasteiger partial charge >= 0.3 is 29.5 Å². The van der Waals surface area contributed by atoms with Crippen molar-refractivity contribution in [2.24, 2.45) is 5.92 Å². The van der Waals surface area contributed by atoms with Gasteiger partial charge < -0.3 is 31.9 Å². The van der Waals surface area contributed by atoms with Gasteiger partial charge in [-0.05, 0) is 34.3 Å². The van der Waals surface area contributed by atoms with E-state index in [0.29, 0.717) is 5.75 Å². The van der Waals surface area contributed by atoms with Crippen LogP contribution in [-0.4, -0.2) is 99.8 Å². The van der Waals surface area contributed by atoms with E-state index in [9.17, 15) is 35.9 Å². The van der Waals surface area contributed by atoms with Crippen LogP contribution in [0.25, 0.3) is 11.2 Å². The fourth-order valence-corrected chi connectivity index (χ4v) is 18.4. The Hall–Kier alpha value is -3.39. The first-order valence-corrected chi connectivity index (χ1v) is 22.5. The van der Waals surface area contributed by atoms with E-state index in [1.807, 2.05) is 55.4 Å². The fraction of sp³-hybridized carbons (Fsp3) is 0.657. The Labute approximate surface area is 327 Å². The first kappa shape index (κ1) is 44.7. The molecule has 0 unspecified atom stereocenters. The number of nitrogens with zero attached hydrogens (tertiary/aromatic N) is 3.